The van der Waals surface area contributed by atoms with E-state index in [4.69, 9.17) is 4.74 Å². The van der Waals surface area contributed by atoms with Crippen LogP contribution >= 0.6 is 11.8 Å². The molecule has 0 aliphatic rings. The number of carbonyl (C=O) groups excluding carboxylic acids is 1. The molecule has 0 unspecified atom stereocenters. The lowest BCUT2D eigenvalue weighted by molar-refractivity contribution is -0.121. The van der Waals surface area contributed by atoms with Gasteiger partial charge in [-0.3, -0.25) is 4.79 Å². The topological polar surface area (TPSA) is 38.3 Å². The van der Waals surface area contributed by atoms with Gasteiger partial charge in [-0.15, -0.1) is 0 Å². The van der Waals surface area contributed by atoms with Crippen LogP contribution in [-0.4, -0.2) is 29.6 Å². The van der Waals surface area contributed by atoms with Crippen LogP contribution in [-0.2, 0) is 4.79 Å². The molecule has 20 heavy (non-hydrogen) atoms. The summed E-state index contributed by atoms with van der Waals surface area (Å²) >= 11 is 1.86. The number of hydrogen-bond donors (Lipinski definition) is 1. The molecular formula is C16H25NO2S. The van der Waals surface area contributed by atoms with Crippen LogP contribution in [0.15, 0.2) is 30.3 Å². The fourth-order valence-corrected chi connectivity index (χ4v) is 2.39. The van der Waals surface area contributed by atoms with Gasteiger partial charge in [0.25, 0.3) is 0 Å². The second-order valence-corrected chi connectivity index (χ2v) is 7.50. The lowest BCUT2D eigenvalue weighted by atomic mass is 10.3. The highest BCUT2D eigenvalue weighted by Gasteiger charge is 2.09. The molecule has 0 saturated heterocycles. The maximum absolute atomic E-state index is 11.6. The maximum Gasteiger partial charge on any atom is 0.220 e. The Morgan fingerprint density at radius 1 is 1.25 bits per heavy atom. The second-order valence-electron chi connectivity index (χ2n) is 5.58. The van der Waals surface area contributed by atoms with Crippen LogP contribution in [0.25, 0.3) is 0 Å². The third-order valence-electron chi connectivity index (χ3n) is 2.52. The van der Waals surface area contributed by atoms with E-state index in [-0.39, 0.29) is 10.7 Å². The van der Waals surface area contributed by atoms with Gasteiger partial charge in [-0.25, -0.2) is 0 Å². The van der Waals surface area contributed by atoms with Gasteiger partial charge in [-0.1, -0.05) is 39.0 Å². The minimum absolute atomic E-state index is 0.108. The molecule has 1 N–H and O–H groups in total. The number of rotatable bonds is 8. The van der Waals surface area contributed by atoms with E-state index in [0.29, 0.717) is 13.0 Å². The zero-order valence-corrected chi connectivity index (χ0v) is 13.5. The van der Waals surface area contributed by atoms with Crippen LogP contribution in [0, 0.1) is 0 Å². The highest BCUT2D eigenvalue weighted by molar-refractivity contribution is 8.00. The van der Waals surface area contributed by atoms with Gasteiger partial charge in [0.2, 0.25) is 5.91 Å². The van der Waals surface area contributed by atoms with E-state index in [1.165, 1.54) is 0 Å². The molecule has 4 heteroatoms. The molecule has 0 aromatic heterocycles. The summed E-state index contributed by atoms with van der Waals surface area (Å²) in [5, 5.41) is 2.94. The van der Waals surface area contributed by atoms with Gasteiger partial charge in [0, 0.05) is 23.5 Å². The molecule has 0 aliphatic heterocycles. The molecule has 0 saturated carbocycles. The number of benzene rings is 1. The van der Waals surface area contributed by atoms with Gasteiger partial charge >= 0.3 is 0 Å². The first kappa shape index (κ1) is 16.9. The average molecular weight is 295 g/mol. The maximum atomic E-state index is 11.6. The Morgan fingerprint density at radius 2 is 1.95 bits per heavy atom. The van der Waals surface area contributed by atoms with Crippen molar-refractivity contribution in [1.82, 2.24) is 5.32 Å². The van der Waals surface area contributed by atoms with Gasteiger partial charge in [0.1, 0.15) is 5.75 Å². The van der Waals surface area contributed by atoms with Crippen LogP contribution in [0.5, 0.6) is 5.75 Å². The summed E-state index contributed by atoms with van der Waals surface area (Å²) in [6.07, 6.45) is 1.26. The van der Waals surface area contributed by atoms with Crippen molar-refractivity contribution in [3.63, 3.8) is 0 Å². The van der Waals surface area contributed by atoms with Crippen molar-refractivity contribution in [2.75, 3.05) is 18.9 Å². The highest BCUT2D eigenvalue weighted by atomic mass is 32.2. The number of nitrogens with one attached hydrogen (secondary N) is 1. The number of thioether (sulfide) groups is 1. The van der Waals surface area contributed by atoms with Gasteiger partial charge in [0.15, 0.2) is 0 Å². The molecule has 1 rings (SSSR count). The van der Waals surface area contributed by atoms with Crippen molar-refractivity contribution in [1.29, 1.82) is 0 Å². The molecular weight excluding hydrogens is 270 g/mol. The normalized spacial score (nSPS) is 11.2. The Labute approximate surface area is 126 Å². The summed E-state index contributed by atoms with van der Waals surface area (Å²) in [5.74, 6) is 1.92. The smallest absolute Gasteiger partial charge is 0.220 e. The van der Waals surface area contributed by atoms with Crippen LogP contribution in [0.1, 0.15) is 33.6 Å². The third kappa shape index (κ3) is 8.86. The minimum atomic E-state index is 0.108. The Hall–Kier alpha value is -1.16. The largest absolute Gasteiger partial charge is 0.494 e. The first-order valence-corrected chi connectivity index (χ1v) is 8.04. The summed E-state index contributed by atoms with van der Waals surface area (Å²) in [6.45, 7) is 7.86. The molecule has 0 fully saturated rings. The number of ether oxygens (including phenoxy) is 1. The second kappa shape index (κ2) is 8.90. The van der Waals surface area contributed by atoms with E-state index < -0.39 is 0 Å². The molecule has 0 spiro atoms. The standard InChI is InChI=1S/C16H25NO2S/c1-16(2,3)20-13-11-17-15(18)10-7-12-19-14-8-5-4-6-9-14/h4-6,8-9H,7,10-13H2,1-3H3,(H,17,18). The lowest BCUT2D eigenvalue weighted by Gasteiger charge is -2.17. The van der Waals surface area contributed by atoms with Crippen molar-refractivity contribution in [2.45, 2.75) is 38.4 Å². The number of amides is 1. The lowest BCUT2D eigenvalue weighted by Crippen LogP contribution is -2.27. The summed E-state index contributed by atoms with van der Waals surface area (Å²) in [7, 11) is 0. The van der Waals surface area contributed by atoms with Crippen molar-refractivity contribution >= 4 is 17.7 Å². The van der Waals surface area contributed by atoms with E-state index in [1.807, 2.05) is 42.1 Å². The monoisotopic (exact) mass is 295 g/mol. The van der Waals surface area contributed by atoms with E-state index in [0.717, 1.165) is 24.5 Å². The fourth-order valence-electron chi connectivity index (χ4n) is 1.58. The fraction of sp³-hybridized carbons (Fsp3) is 0.562. The molecule has 3 nitrogen and oxygen atoms in total. The van der Waals surface area contributed by atoms with Crippen molar-refractivity contribution in [3.8, 4) is 5.75 Å². The number of carbonyl (C=O) groups is 1. The Bertz CT molecular complexity index is 387. The summed E-state index contributed by atoms with van der Waals surface area (Å²) in [6, 6.07) is 9.67. The van der Waals surface area contributed by atoms with Gasteiger partial charge in [0.05, 0.1) is 6.61 Å². The van der Waals surface area contributed by atoms with Gasteiger partial charge in [-0.2, -0.15) is 11.8 Å². The predicted molar refractivity (Wildman–Crippen MR) is 86.4 cm³/mol. The summed E-state index contributed by atoms with van der Waals surface area (Å²) < 4.78 is 5.80. The Kier molecular flexibility index (Phi) is 7.52. The number of para-hydroxylation sites is 1. The average Bonchev–Trinajstić information content (AvgIpc) is 2.40. The van der Waals surface area contributed by atoms with Crippen molar-refractivity contribution < 1.29 is 9.53 Å². The van der Waals surface area contributed by atoms with E-state index in [1.54, 1.807) is 0 Å². The van der Waals surface area contributed by atoms with Crippen LogP contribution < -0.4 is 10.1 Å². The zero-order chi connectivity index (χ0) is 14.8. The van der Waals surface area contributed by atoms with E-state index in [2.05, 4.69) is 26.1 Å². The molecule has 0 heterocycles. The van der Waals surface area contributed by atoms with Gasteiger partial charge in [-0.05, 0) is 18.6 Å². The molecule has 112 valence electrons. The third-order valence-corrected chi connectivity index (χ3v) is 3.79. The zero-order valence-electron chi connectivity index (χ0n) is 12.6. The molecule has 1 amide bonds. The quantitative estimate of drug-likeness (QED) is 0.746. The molecule has 0 bridgehead atoms. The highest BCUT2D eigenvalue weighted by Crippen LogP contribution is 2.21. The molecule has 0 aliphatic carbocycles. The number of hydrogen-bond acceptors (Lipinski definition) is 3. The minimum Gasteiger partial charge on any atom is -0.494 e. The van der Waals surface area contributed by atoms with E-state index >= 15 is 0 Å². The molecule has 0 atom stereocenters. The van der Waals surface area contributed by atoms with Crippen LogP contribution in [0.3, 0.4) is 0 Å². The van der Waals surface area contributed by atoms with Crippen molar-refractivity contribution in [3.05, 3.63) is 30.3 Å². The Balaban J connectivity index is 2.00. The molecule has 0 radical (unpaired) electrons. The summed E-state index contributed by atoms with van der Waals surface area (Å²) in [4.78, 5) is 11.6. The first-order valence-electron chi connectivity index (χ1n) is 7.06. The first-order chi connectivity index (χ1) is 9.47. The predicted octanol–water partition coefficient (Wildman–Crippen LogP) is 3.49. The summed E-state index contributed by atoms with van der Waals surface area (Å²) in [5.41, 5.74) is 0. The Morgan fingerprint density at radius 3 is 2.60 bits per heavy atom. The van der Waals surface area contributed by atoms with Crippen LogP contribution in [0.4, 0.5) is 0 Å². The van der Waals surface area contributed by atoms with E-state index in [9.17, 15) is 4.79 Å². The molecule has 1 aromatic carbocycles. The van der Waals surface area contributed by atoms with Crippen molar-refractivity contribution in [2.24, 2.45) is 0 Å². The molecule has 1 aromatic rings. The van der Waals surface area contributed by atoms with Gasteiger partial charge < -0.3 is 10.1 Å². The van der Waals surface area contributed by atoms with Crippen LogP contribution in [0.2, 0.25) is 0 Å². The SMILES string of the molecule is CC(C)(C)SCCNC(=O)CCCOc1ccccc1.